The van der Waals surface area contributed by atoms with E-state index in [-0.39, 0.29) is 35.7 Å². The maximum Gasteiger partial charge on any atom is 0.270 e. The highest BCUT2D eigenvalue weighted by molar-refractivity contribution is 7.89. The number of nitrogens with one attached hydrogen (secondary N) is 1. The molecule has 0 spiro atoms. The second kappa shape index (κ2) is 9.87. The van der Waals surface area contributed by atoms with Gasteiger partial charge < -0.3 is 14.8 Å². The van der Waals surface area contributed by atoms with Crippen molar-refractivity contribution in [3.8, 4) is 0 Å². The van der Waals surface area contributed by atoms with Crippen LogP contribution in [0.3, 0.4) is 0 Å². The van der Waals surface area contributed by atoms with Gasteiger partial charge in [-0.1, -0.05) is 13.0 Å². The molecule has 2 aliphatic heterocycles. The van der Waals surface area contributed by atoms with Gasteiger partial charge in [0, 0.05) is 51.0 Å². The van der Waals surface area contributed by atoms with E-state index >= 15 is 0 Å². The van der Waals surface area contributed by atoms with Crippen molar-refractivity contribution in [1.29, 1.82) is 0 Å². The van der Waals surface area contributed by atoms with E-state index in [2.05, 4.69) is 17.2 Å². The van der Waals surface area contributed by atoms with Gasteiger partial charge in [0.05, 0.1) is 0 Å². The summed E-state index contributed by atoms with van der Waals surface area (Å²) < 4.78 is 29.6. The van der Waals surface area contributed by atoms with Crippen LogP contribution < -0.4 is 5.32 Å². The van der Waals surface area contributed by atoms with Crippen molar-refractivity contribution in [2.45, 2.75) is 44.4 Å². The van der Waals surface area contributed by atoms with Gasteiger partial charge in [-0.15, -0.1) is 0 Å². The lowest BCUT2D eigenvalue weighted by Crippen LogP contribution is -2.41. The number of carbonyl (C=O) groups excluding carboxylic acids is 2. The summed E-state index contributed by atoms with van der Waals surface area (Å²) in [5, 5.41) is 2.83. The predicted octanol–water partition coefficient (Wildman–Crippen LogP) is 2.64. The maximum absolute atomic E-state index is 13.3. The number of hydrogen-bond donors (Lipinski definition) is 1. The molecule has 2 saturated heterocycles. The smallest absolute Gasteiger partial charge is 0.270 e. The minimum absolute atomic E-state index is 0.121. The number of hydrogen-bond acceptors (Lipinski definition) is 5. The highest BCUT2D eigenvalue weighted by atomic mass is 32.2. The molecule has 1 N–H and O–H groups in total. The molecular weight excluding hydrogens is 454 g/mol. The monoisotopic (exact) mass is 487 g/mol. The number of anilines is 1. The van der Waals surface area contributed by atoms with Crippen LogP contribution in [0.1, 0.15) is 48.8 Å². The number of amides is 2. The van der Waals surface area contributed by atoms with E-state index in [4.69, 9.17) is 0 Å². The van der Waals surface area contributed by atoms with Crippen molar-refractivity contribution in [1.82, 2.24) is 18.8 Å². The Kier molecular flexibility index (Phi) is 7.09. The number of carbonyl (C=O) groups is 2. The molecule has 34 heavy (non-hydrogen) atoms. The Morgan fingerprint density at radius 3 is 2.38 bits per heavy atom. The molecule has 10 heteroatoms. The third-order valence-electron chi connectivity index (χ3n) is 6.87. The molecule has 0 aromatic carbocycles. The molecule has 2 aromatic heterocycles. The lowest BCUT2D eigenvalue weighted by atomic mass is 9.97. The van der Waals surface area contributed by atoms with E-state index in [0.717, 1.165) is 18.5 Å². The van der Waals surface area contributed by atoms with Gasteiger partial charge in [-0.2, -0.15) is 4.31 Å². The van der Waals surface area contributed by atoms with Crippen LogP contribution >= 0.6 is 0 Å². The number of likely N-dealkylation sites (tertiary alicyclic amines) is 1. The first-order valence-corrected chi connectivity index (χ1v) is 13.3. The minimum atomic E-state index is -3.75. The average molecular weight is 488 g/mol. The lowest BCUT2D eigenvalue weighted by Gasteiger charge is -2.30. The Morgan fingerprint density at radius 2 is 1.74 bits per heavy atom. The number of rotatable bonds is 5. The molecule has 2 aromatic rings. The highest BCUT2D eigenvalue weighted by Crippen LogP contribution is 2.27. The number of sulfonamides is 1. The molecule has 2 aliphatic rings. The SMILES string of the molecule is Cc1cccc(NC(=O)C2CCN(S(=O)(=O)c3cc(C(=O)N4CCC(C)CC4)n(C)c3)CC2)n1. The van der Waals surface area contributed by atoms with E-state index in [9.17, 15) is 18.0 Å². The summed E-state index contributed by atoms with van der Waals surface area (Å²) in [6.45, 7) is 5.94. The van der Waals surface area contributed by atoms with Crippen molar-refractivity contribution in [2.75, 3.05) is 31.5 Å². The van der Waals surface area contributed by atoms with E-state index in [1.54, 1.807) is 22.6 Å². The summed E-state index contributed by atoms with van der Waals surface area (Å²) in [4.78, 5) is 31.8. The third-order valence-corrected chi connectivity index (χ3v) is 8.74. The molecule has 0 atom stereocenters. The molecule has 2 fully saturated rings. The molecule has 0 radical (unpaired) electrons. The normalized spacial score (nSPS) is 18.7. The van der Waals surface area contributed by atoms with Crippen LogP contribution in [0.2, 0.25) is 0 Å². The van der Waals surface area contributed by atoms with E-state index in [1.807, 2.05) is 19.1 Å². The standard InChI is InChI=1S/C24H33N5O4S/c1-17-7-11-28(12-8-17)24(31)21-15-20(16-27(21)3)34(32,33)29-13-9-19(10-14-29)23(30)26-22-6-4-5-18(2)25-22/h4-6,15-17,19H,7-14H2,1-3H3,(H,25,26,30). The Hall–Kier alpha value is -2.72. The quantitative estimate of drug-likeness (QED) is 0.698. The zero-order valence-electron chi connectivity index (χ0n) is 20.0. The van der Waals surface area contributed by atoms with Gasteiger partial charge in [-0.05, 0) is 56.7 Å². The van der Waals surface area contributed by atoms with Crippen LogP contribution in [-0.2, 0) is 21.9 Å². The fraction of sp³-hybridized carbons (Fsp3) is 0.542. The first-order valence-electron chi connectivity index (χ1n) is 11.9. The molecule has 0 bridgehead atoms. The molecule has 4 heterocycles. The van der Waals surface area contributed by atoms with E-state index < -0.39 is 10.0 Å². The van der Waals surface area contributed by atoms with Gasteiger partial charge in [0.25, 0.3) is 5.91 Å². The summed E-state index contributed by atoms with van der Waals surface area (Å²) in [6, 6.07) is 6.91. The Morgan fingerprint density at radius 1 is 1.06 bits per heavy atom. The van der Waals surface area contributed by atoms with Crippen molar-refractivity contribution < 1.29 is 18.0 Å². The third kappa shape index (κ3) is 5.17. The molecule has 0 aliphatic carbocycles. The van der Waals surface area contributed by atoms with Crippen LogP contribution in [0.15, 0.2) is 35.4 Å². The lowest BCUT2D eigenvalue weighted by molar-refractivity contribution is -0.120. The minimum Gasteiger partial charge on any atom is -0.345 e. The Balaban J connectivity index is 1.39. The summed E-state index contributed by atoms with van der Waals surface area (Å²) in [5.74, 6) is 0.564. The summed E-state index contributed by atoms with van der Waals surface area (Å²) in [6.07, 6.45) is 4.30. The topological polar surface area (TPSA) is 105 Å². The second-order valence-electron chi connectivity index (χ2n) is 9.48. The molecular formula is C24H33N5O4S. The van der Waals surface area contributed by atoms with Gasteiger partial charge >= 0.3 is 0 Å². The fourth-order valence-electron chi connectivity index (χ4n) is 4.61. The number of aromatic nitrogens is 2. The van der Waals surface area contributed by atoms with Gasteiger partial charge in [-0.3, -0.25) is 9.59 Å². The van der Waals surface area contributed by atoms with Crippen molar-refractivity contribution in [3.63, 3.8) is 0 Å². The van der Waals surface area contributed by atoms with Gasteiger partial charge in [0.1, 0.15) is 16.4 Å². The summed E-state index contributed by atoms with van der Waals surface area (Å²) >= 11 is 0. The molecule has 9 nitrogen and oxygen atoms in total. The number of nitrogens with zero attached hydrogens (tertiary/aromatic N) is 4. The van der Waals surface area contributed by atoms with Crippen molar-refractivity contribution in [2.24, 2.45) is 18.9 Å². The first kappa shape index (κ1) is 24.4. The van der Waals surface area contributed by atoms with Crippen LogP contribution in [0.25, 0.3) is 0 Å². The predicted molar refractivity (Wildman–Crippen MR) is 129 cm³/mol. The maximum atomic E-state index is 13.3. The van der Waals surface area contributed by atoms with E-state index in [0.29, 0.717) is 43.4 Å². The first-order chi connectivity index (χ1) is 16.1. The van der Waals surface area contributed by atoms with Crippen LogP contribution in [0, 0.1) is 18.8 Å². The van der Waals surface area contributed by atoms with Gasteiger partial charge in [0.2, 0.25) is 15.9 Å². The Bertz CT molecular complexity index is 1160. The highest BCUT2D eigenvalue weighted by Gasteiger charge is 2.34. The number of piperidine rings is 2. The van der Waals surface area contributed by atoms with Gasteiger partial charge in [0.15, 0.2) is 0 Å². The summed E-state index contributed by atoms with van der Waals surface area (Å²) in [5.41, 5.74) is 1.20. The average Bonchev–Trinajstić information content (AvgIpc) is 3.21. The zero-order valence-corrected chi connectivity index (χ0v) is 20.8. The van der Waals surface area contributed by atoms with Crippen LogP contribution in [0.4, 0.5) is 5.82 Å². The summed E-state index contributed by atoms with van der Waals surface area (Å²) in [7, 11) is -2.05. The molecule has 0 saturated carbocycles. The second-order valence-corrected chi connectivity index (χ2v) is 11.4. The van der Waals surface area contributed by atoms with Crippen LogP contribution in [0.5, 0.6) is 0 Å². The number of aryl methyl sites for hydroxylation is 2. The zero-order chi connectivity index (χ0) is 24.5. The molecule has 2 amide bonds. The van der Waals surface area contributed by atoms with Crippen molar-refractivity contribution >= 4 is 27.7 Å². The Labute approximate surface area is 201 Å². The van der Waals surface area contributed by atoms with Gasteiger partial charge in [-0.25, -0.2) is 13.4 Å². The van der Waals surface area contributed by atoms with Crippen LogP contribution in [-0.4, -0.2) is 65.2 Å². The largest absolute Gasteiger partial charge is 0.345 e. The molecule has 4 rings (SSSR count). The number of pyridine rings is 1. The fourth-order valence-corrected chi connectivity index (χ4v) is 6.15. The van der Waals surface area contributed by atoms with E-state index in [1.165, 1.54) is 16.6 Å². The molecule has 184 valence electrons. The molecule has 0 unspecified atom stereocenters. The van der Waals surface area contributed by atoms with Crippen molar-refractivity contribution in [3.05, 3.63) is 41.9 Å².